The minimum atomic E-state index is -0.475. The normalized spacial score (nSPS) is 15.0. The number of benzene rings is 4. The molecule has 0 aromatic heterocycles. The predicted octanol–water partition coefficient (Wildman–Crippen LogP) is 7.09. The summed E-state index contributed by atoms with van der Waals surface area (Å²) in [5, 5.41) is 13.0. The first-order valence-electron chi connectivity index (χ1n) is 10.2. The molecule has 0 saturated heterocycles. The van der Waals surface area contributed by atoms with E-state index in [1.807, 2.05) is 42.5 Å². The van der Waals surface area contributed by atoms with E-state index in [2.05, 4.69) is 34.7 Å². The van der Waals surface area contributed by atoms with Gasteiger partial charge in [-0.15, -0.1) is 0 Å². The molecular formula is C26H20INO3. The molecule has 1 atom stereocenters. The zero-order valence-electron chi connectivity index (χ0n) is 16.7. The second-order valence-corrected chi connectivity index (χ2v) is 9.11. The van der Waals surface area contributed by atoms with Gasteiger partial charge in [0.2, 0.25) is 0 Å². The number of ether oxygens (including phenoxy) is 1. The Balaban J connectivity index is 1.35. The van der Waals surface area contributed by atoms with Crippen LogP contribution in [0.25, 0.3) is 10.8 Å². The van der Waals surface area contributed by atoms with Gasteiger partial charge in [-0.1, -0.05) is 65.1 Å². The zero-order chi connectivity index (χ0) is 21.4. The number of hydroxylamine groups is 1. The van der Waals surface area contributed by atoms with Crippen molar-refractivity contribution in [3.05, 3.63) is 102 Å². The Morgan fingerprint density at radius 1 is 0.935 bits per heavy atom. The van der Waals surface area contributed by atoms with E-state index in [1.165, 1.54) is 17.5 Å². The highest BCUT2D eigenvalue weighted by atomic mass is 127. The van der Waals surface area contributed by atoms with Crippen molar-refractivity contribution in [3.8, 4) is 11.5 Å². The van der Waals surface area contributed by atoms with Crippen LogP contribution < -0.4 is 9.80 Å². The molecule has 4 aromatic rings. The van der Waals surface area contributed by atoms with Gasteiger partial charge in [-0.05, 0) is 77.2 Å². The predicted molar refractivity (Wildman–Crippen MR) is 131 cm³/mol. The molecule has 0 bridgehead atoms. The van der Waals surface area contributed by atoms with Crippen molar-refractivity contribution >= 4 is 45.0 Å². The number of halogens is 1. The summed E-state index contributed by atoms with van der Waals surface area (Å²) in [6.07, 6.45) is 2.29. The fraction of sp³-hybridized carbons (Fsp3) is 0.115. The summed E-state index contributed by atoms with van der Waals surface area (Å²) in [5.74, 6) is 0.970. The maximum absolute atomic E-state index is 12.9. The van der Waals surface area contributed by atoms with Crippen LogP contribution in [0.5, 0.6) is 11.5 Å². The lowest BCUT2D eigenvalue weighted by molar-refractivity contribution is 0.0856. The number of carbonyl (C=O) groups is 1. The van der Waals surface area contributed by atoms with Crippen molar-refractivity contribution in [3.63, 3.8) is 0 Å². The molecule has 0 spiro atoms. The third kappa shape index (κ3) is 3.91. The van der Waals surface area contributed by atoms with Crippen LogP contribution in [-0.2, 0) is 6.42 Å². The summed E-state index contributed by atoms with van der Waals surface area (Å²) in [7, 11) is 0. The Bertz CT molecular complexity index is 1260. The minimum absolute atomic E-state index is 0.381. The van der Waals surface area contributed by atoms with E-state index in [0.717, 1.165) is 22.9 Å². The average molecular weight is 521 g/mol. The standard InChI is InChI=1S/C26H20INO3/c27-25-15-9-18-8-12-21(16-24(18)25)31-20-13-10-19(11-14-20)28(30)26(29)23-7-3-5-17-4-1-2-6-22(17)23/h1-8,10-14,16,25,30H,9,15H2. The first-order valence-corrected chi connectivity index (χ1v) is 11.4. The fourth-order valence-corrected chi connectivity index (χ4v) is 4.92. The van der Waals surface area contributed by atoms with E-state index in [4.69, 9.17) is 4.74 Å². The maximum Gasteiger partial charge on any atom is 0.282 e. The lowest BCUT2D eigenvalue weighted by atomic mass is 10.0. The molecule has 5 heteroatoms. The molecule has 31 heavy (non-hydrogen) atoms. The fourth-order valence-electron chi connectivity index (χ4n) is 4.03. The number of hydrogen-bond donors (Lipinski definition) is 1. The monoisotopic (exact) mass is 521 g/mol. The lowest BCUT2D eigenvalue weighted by Crippen LogP contribution is -2.27. The van der Waals surface area contributed by atoms with Gasteiger partial charge in [-0.25, -0.2) is 0 Å². The number of carbonyl (C=O) groups excluding carboxylic acids is 1. The van der Waals surface area contributed by atoms with Gasteiger partial charge in [-0.3, -0.25) is 10.0 Å². The first-order chi connectivity index (χ1) is 15.1. The molecule has 1 N–H and O–H groups in total. The molecule has 154 valence electrons. The van der Waals surface area contributed by atoms with Gasteiger partial charge in [-0.2, -0.15) is 5.06 Å². The summed E-state index contributed by atoms with van der Waals surface area (Å²) < 4.78 is 6.53. The second kappa shape index (κ2) is 8.32. The smallest absolute Gasteiger partial charge is 0.282 e. The molecule has 1 aliphatic carbocycles. The van der Waals surface area contributed by atoms with Gasteiger partial charge in [0.1, 0.15) is 11.5 Å². The van der Waals surface area contributed by atoms with Crippen LogP contribution in [0.15, 0.2) is 84.9 Å². The Kier molecular flexibility index (Phi) is 5.38. The Morgan fingerprint density at radius 2 is 1.68 bits per heavy atom. The molecule has 1 amide bonds. The summed E-state index contributed by atoms with van der Waals surface area (Å²) in [6.45, 7) is 0. The van der Waals surface area contributed by atoms with Crippen LogP contribution in [0.3, 0.4) is 0 Å². The highest BCUT2D eigenvalue weighted by Gasteiger charge is 2.21. The van der Waals surface area contributed by atoms with Crippen LogP contribution in [0.2, 0.25) is 0 Å². The molecule has 4 nitrogen and oxygen atoms in total. The largest absolute Gasteiger partial charge is 0.457 e. The van der Waals surface area contributed by atoms with E-state index in [1.54, 1.807) is 30.3 Å². The summed E-state index contributed by atoms with van der Waals surface area (Å²) in [4.78, 5) is 12.9. The third-order valence-electron chi connectivity index (χ3n) is 5.65. The average Bonchev–Trinajstić information content (AvgIpc) is 3.18. The molecule has 0 fully saturated rings. The van der Waals surface area contributed by atoms with Crippen LogP contribution in [-0.4, -0.2) is 11.1 Å². The number of hydrogen-bond acceptors (Lipinski definition) is 3. The maximum atomic E-state index is 12.9. The van der Waals surface area contributed by atoms with Crippen molar-refractivity contribution in [2.75, 3.05) is 5.06 Å². The second-order valence-electron chi connectivity index (χ2n) is 7.61. The van der Waals surface area contributed by atoms with Crippen molar-refractivity contribution in [1.29, 1.82) is 0 Å². The van der Waals surface area contributed by atoms with Gasteiger partial charge in [0.25, 0.3) is 5.91 Å². The summed E-state index contributed by atoms with van der Waals surface area (Å²) in [5.41, 5.74) is 3.57. The minimum Gasteiger partial charge on any atom is -0.457 e. The number of alkyl halides is 1. The highest BCUT2D eigenvalue weighted by molar-refractivity contribution is 14.1. The number of rotatable bonds is 4. The number of aryl methyl sites for hydroxylation is 1. The molecule has 1 aliphatic rings. The van der Waals surface area contributed by atoms with Gasteiger partial charge >= 0.3 is 0 Å². The zero-order valence-corrected chi connectivity index (χ0v) is 18.8. The van der Waals surface area contributed by atoms with Crippen LogP contribution in [0.1, 0.15) is 31.8 Å². The van der Waals surface area contributed by atoms with E-state index < -0.39 is 5.91 Å². The molecule has 5 rings (SSSR count). The van der Waals surface area contributed by atoms with Crippen LogP contribution in [0, 0.1) is 0 Å². The molecule has 1 unspecified atom stereocenters. The van der Waals surface area contributed by atoms with Gasteiger partial charge < -0.3 is 4.74 Å². The van der Waals surface area contributed by atoms with E-state index in [-0.39, 0.29) is 0 Å². The number of amides is 1. The van der Waals surface area contributed by atoms with E-state index >= 15 is 0 Å². The third-order valence-corrected chi connectivity index (χ3v) is 6.95. The Labute approximate surface area is 194 Å². The van der Waals surface area contributed by atoms with Gasteiger partial charge in [0.05, 0.1) is 5.69 Å². The van der Waals surface area contributed by atoms with Crippen molar-refractivity contribution in [1.82, 2.24) is 0 Å². The molecule has 4 aromatic carbocycles. The topological polar surface area (TPSA) is 49.8 Å². The SMILES string of the molecule is O=C(c1cccc2ccccc12)N(O)c1ccc(Oc2ccc3c(c2)C(I)CC3)cc1. The quantitative estimate of drug-likeness (QED) is 0.135. The van der Waals surface area contributed by atoms with Crippen molar-refractivity contribution < 1.29 is 14.7 Å². The highest BCUT2D eigenvalue weighted by Crippen LogP contribution is 2.40. The van der Waals surface area contributed by atoms with Crippen LogP contribution in [0.4, 0.5) is 5.69 Å². The molecule has 0 heterocycles. The number of anilines is 1. The number of fused-ring (bicyclic) bond motifs is 2. The van der Waals surface area contributed by atoms with Crippen molar-refractivity contribution in [2.24, 2.45) is 0 Å². The molecule has 0 radical (unpaired) electrons. The Morgan fingerprint density at radius 3 is 2.52 bits per heavy atom. The Hall–Kier alpha value is -2.90. The lowest BCUT2D eigenvalue weighted by Gasteiger charge is -2.17. The van der Waals surface area contributed by atoms with Crippen molar-refractivity contribution in [2.45, 2.75) is 16.8 Å². The van der Waals surface area contributed by atoms with Gasteiger partial charge in [0.15, 0.2) is 0 Å². The first kappa shape index (κ1) is 20.0. The number of nitrogens with zero attached hydrogens (tertiary/aromatic N) is 1. The van der Waals surface area contributed by atoms with E-state index in [9.17, 15) is 10.0 Å². The molecular weight excluding hydrogens is 501 g/mol. The van der Waals surface area contributed by atoms with Gasteiger partial charge in [0, 0.05) is 9.49 Å². The molecule has 0 saturated carbocycles. The summed E-state index contributed by atoms with van der Waals surface area (Å²) in [6, 6.07) is 26.2. The summed E-state index contributed by atoms with van der Waals surface area (Å²) >= 11 is 2.48. The van der Waals surface area contributed by atoms with E-state index in [0.29, 0.717) is 26.0 Å². The molecule has 0 aliphatic heterocycles. The van der Waals surface area contributed by atoms with Crippen LogP contribution >= 0.6 is 22.6 Å².